The Morgan fingerprint density at radius 2 is 2.12 bits per heavy atom. The van der Waals surface area contributed by atoms with Crippen LogP contribution >= 0.6 is 0 Å². The predicted octanol–water partition coefficient (Wildman–Crippen LogP) is 2.98. The summed E-state index contributed by atoms with van der Waals surface area (Å²) in [5.41, 5.74) is 1.56. The lowest BCUT2D eigenvalue weighted by atomic mass is 9.46. The molecule has 2 atom stereocenters. The van der Waals surface area contributed by atoms with Gasteiger partial charge in [-0.25, -0.2) is 0 Å². The Hall–Kier alpha value is -1.68. The van der Waals surface area contributed by atoms with Crippen molar-refractivity contribution >= 4 is 11.5 Å². The molecule has 0 saturated heterocycles. The number of ether oxygens (including phenoxy) is 1. The number of carbonyl (C=O) groups is 1. The highest BCUT2D eigenvalue weighted by Crippen LogP contribution is 2.58. The predicted molar refractivity (Wildman–Crippen MR) is 92.9 cm³/mol. The molecule has 3 fully saturated rings. The topological polar surface area (TPSA) is 58.9 Å². The molecule has 4 rings (SSSR count). The highest BCUT2D eigenvalue weighted by atomic mass is 16.5. The second kappa shape index (κ2) is 5.41. The van der Waals surface area contributed by atoms with E-state index in [1.54, 1.807) is 7.11 Å². The molecule has 0 aromatic heterocycles. The quantitative estimate of drug-likeness (QED) is 0.925. The molecule has 0 spiro atoms. The van der Waals surface area contributed by atoms with E-state index in [0.29, 0.717) is 31.6 Å². The number of fused-ring (bicyclic) bond motifs is 1. The molecular weight excluding hydrogens is 302 g/mol. The normalized spacial score (nSPS) is 34.0. The number of rotatable bonds is 4. The van der Waals surface area contributed by atoms with Crippen LogP contribution in [-0.2, 0) is 10.2 Å². The van der Waals surface area contributed by atoms with Crippen LogP contribution in [0, 0.1) is 12.8 Å². The molecule has 0 aliphatic heterocycles. The van der Waals surface area contributed by atoms with Gasteiger partial charge in [-0.1, -0.05) is 6.07 Å². The van der Waals surface area contributed by atoms with Crippen LogP contribution in [-0.4, -0.2) is 35.9 Å². The van der Waals surface area contributed by atoms with Gasteiger partial charge in [0.05, 0.1) is 7.11 Å². The summed E-state index contributed by atoms with van der Waals surface area (Å²) in [6.07, 6.45) is 4.55. The average Bonchev–Trinajstić information content (AvgIpc) is 3.38. The van der Waals surface area contributed by atoms with Crippen molar-refractivity contribution in [1.29, 1.82) is 0 Å². The summed E-state index contributed by atoms with van der Waals surface area (Å²) in [5, 5.41) is 11.5. The SMILES string of the molecule is COc1ccc(C)c(C23CC(=O)CCC2(O)/C(=N/CC2CC2)C3)c1. The van der Waals surface area contributed by atoms with Gasteiger partial charge < -0.3 is 9.84 Å². The van der Waals surface area contributed by atoms with E-state index in [1.807, 2.05) is 25.1 Å². The maximum atomic E-state index is 12.2. The molecule has 128 valence electrons. The third-order valence-electron chi connectivity index (χ3n) is 6.20. The molecule has 3 saturated carbocycles. The zero-order valence-electron chi connectivity index (χ0n) is 14.5. The number of aliphatic imine (C=N–C) groups is 1. The van der Waals surface area contributed by atoms with E-state index < -0.39 is 11.0 Å². The van der Waals surface area contributed by atoms with Crippen LogP contribution in [0.15, 0.2) is 23.2 Å². The number of benzene rings is 1. The van der Waals surface area contributed by atoms with E-state index in [9.17, 15) is 9.90 Å². The first-order chi connectivity index (χ1) is 11.5. The molecule has 0 amide bonds. The molecule has 2 unspecified atom stereocenters. The highest BCUT2D eigenvalue weighted by molar-refractivity contribution is 6.05. The number of nitrogens with zero attached hydrogens (tertiary/aromatic N) is 1. The van der Waals surface area contributed by atoms with Gasteiger partial charge in [0, 0.05) is 36.9 Å². The minimum Gasteiger partial charge on any atom is -0.497 e. The number of hydrogen-bond donors (Lipinski definition) is 1. The van der Waals surface area contributed by atoms with Crippen molar-refractivity contribution in [3.05, 3.63) is 29.3 Å². The summed E-state index contributed by atoms with van der Waals surface area (Å²) in [5.74, 6) is 1.72. The zero-order valence-corrected chi connectivity index (χ0v) is 14.5. The molecule has 1 aromatic carbocycles. The van der Waals surface area contributed by atoms with Crippen LogP contribution in [0.1, 0.15) is 49.7 Å². The number of aryl methyl sites for hydroxylation is 1. The first-order valence-corrected chi connectivity index (χ1v) is 8.91. The molecular formula is C20H25NO3. The third kappa shape index (κ3) is 2.23. The number of hydrogen-bond acceptors (Lipinski definition) is 4. The van der Waals surface area contributed by atoms with Crippen molar-refractivity contribution in [3.63, 3.8) is 0 Å². The Kier molecular flexibility index (Phi) is 3.57. The Morgan fingerprint density at radius 1 is 1.33 bits per heavy atom. The van der Waals surface area contributed by atoms with E-state index >= 15 is 0 Å². The monoisotopic (exact) mass is 327 g/mol. The van der Waals surface area contributed by atoms with Crippen molar-refractivity contribution < 1.29 is 14.6 Å². The van der Waals surface area contributed by atoms with Crippen LogP contribution in [0.25, 0.3) is 0 Å². The maximum Gasteiger partial charge on any atom is 0.134 e. The van der Waals surface area contributed by atoms with Gasteiger partial charge in [-0.2, -0.15) is 0 Å². The van der Waals surface area contributed by atoms with Gasteiger partial charge in [0.25, 0.3) is 0 Å². The number of aliphatic hydroxyl groups is 1. The van der Waals surface area contributed by atoms with Crippen molar-refractivity contribution in [2.75, 3.05) is 13.7 Å². The Morgan fingerprint density at radius 3 is 2.83 bits per heavy atom. The lowest BCUT2D eigenvalue weighted by molar-refractivity contribution is -0.131. The average molecular weight is 327 g/mol. The van der Waals surface area contributed by atoms with Crippen LogP contribution in [0.2, 0.25) is 0 Å². The molecule has 3 aliphatic rings. The first kappa shape index (κ1) is 15.8. The molecule has 3 aliphatic carbocycles. The number of methoxy groups -OCH3 is 1. The largest absolute Gasteiger partial charge is 0.497 e. The van der Waals surface area contributed by atoms with Crippen molar-refractivity contribution in [3.8, 4) is 5.75 Å². The second-order valence-corrected chi connectivity index (χ2v) is 7.75. The number of Topliss-reactive ketones (excluding diaryl/α,β-unsaturated/α-hetero) is 1. The maximum absolute atomic E-state index is 12.2. The molecule has 0 radical (unpaired) electrons. The molecule has 1 N–H and O–H groups in total. The second-order valence-electron chi connectivity index (χ2n) is 7.75. The van der Waals surface area contributed by atoms with Crippen LogP contribution < -0.4 is 4.74 Å². The molecule has 0 bridgehead atoms. The van der Waals surface area contributed by atoms with Gasteiger partial charge in [0.2, 0.25) is 0 Å². The first-order valence-electron chi connectivity index (χ1n) is 8.91. The minimum atomic E-state index is -0.965. The van der Waals surface area contributed by atoms with Crippen molar-refractivity contribution in [2.24, 2.45) is 10.9 Å². The fourth-order valence-electron chi connectivity index (χ4n) is 4.47. The fraction of sp³-hybridized carbons (Fsp3) is 0.600. The number of carbonyl (C=O) groups excluding carboxylic acids is 1. The van der Waals surface area contributed by atoms with Gasteiger partial charge in [-0.3, -0.25) is 9.79 Å². The molecule has 0 heterocycles. The molecule has 4 heteroatoms. The van der Waals surface area contributed by atoms with Crippen molar-refractivity contribution in [1.82, 2.24) is 0 Å². The lowest BCUT2D eigenvalue weighted by Gasteiger charge is -2.60. The smallest absolute Gasteiger partial charge is 0.134 e. The zero-order chi connectivity index (χ0) is 16.9. The lowest BCUT2D eigenvalue weighted by Crippen LogP contribution is -2.70. The van der Waals surface area contributed by atoms with E-state index in [2.05, 4.69) is 0 Å². The van der Waals surface area contributed by atoms with Crippen molar-refractivity contribution in [2.45, 2.75) is 56.5 Å². The standard InChI is InChI=1S/C20H25NO3/c1-13-3-6-16(24-2)9-17(13)19-10-15(22)7-8-20(19,23)18(11-19)21-12-14-4-5-14/h3,6,9,14,23H,4-5,7-8,10-12H2,1-2H3/b21-18+. The van der Waals surface area contributed by atoms with Gasteiger partial charge in [0.15, 0.2) is 0 Å². The summed E-state index contributed by atoms with van der Waals surface area (Å²) >= 11 is 0. The van der Waals surface area contributed by atoms with E-state index in [0.717, 1.165) is 29.1 Å². The van der Waals surface area contributed by atoms with Crippen LogP contribution in [0.3, 0.4) is 0 Å². The Labute approximate surface area is 142 Å². The van der Waals surface area contributed by atoms with Crippen LogP contribution in [0.4, 0.5) is 0 Å². The highest BCUT2D eigenvalue weighted by Gasteiger charge is 2.66. The van der Waals surface area contributed by atoms with E-state index in [1.165, 1.54) is 12.8 Å². The summed E-state index contributed by atoms with van der Waals surface area (Å²) in [7, 11) is 1.65. The molecule has 4 nitrogen and oxygen atoms in total. The van der Waals surface area contributed by atoms with Crippen LogP contribution in [0.5, 0.6) is 5.75 Å². The summed E-state index contributed by atoms with van der Waals surface area (Å²) < 4.78 is 5.38. The fourth-order valence-corrected chi connectivity index (χ4v) is 4.47. The van der Waals surface area contributed by atoms with E-state index in [-0.39, 0.29) is 5.78 Å². The molecule has 1 aromatic rings. The molecule has 24 heavy (non-hydrogen) atoms. The van der Waals surface area contributed by atoms with E-state index in [4.69, 9.17) is 9.73 Å². The Balaban J connectivity index is 1.75. The van der Waals surface area contributed by atoms with Gasteiger partial charge in [-0.15, -0.1) is 0 Å². The number of ketones is 1. The third-order valence-corrected chi connectivity index (χ3v) is 6.20. The van der Waals surface area contributed by atoms with Gasteiger partial charge >= 0.3 is 0 Å². The van der Waals surface area contributed by atoms with Gasteiger partial charge in [0.1, 0.15) is 17.1 Å². The minimum absolute atomic E-state index is 0.239. The summed E-state index contributed by atoms with van der Waals surface area (Å²) in [6, 6.07) is 5.94. The summed E-state index contributed by atoms with van der Waals surface area (Å²) in [6.45, 7) is 2.88. The summed E-state index contributed by atoms with van der Waals surface area (Å²) in [4.78, 5) is 17.0. The Bertz CT molecular complexity index is 722. The van der Waals surface area contributed by atoms with Gasteiger partial charge in [-0.05, 0) is 55.4 Å².